The van der Waals surface area contributed by atoms with Crippen LogP contribution in [-0.2, 0) is 4.79 Å². The van der Waals surface area contributed by atoms with Gasteiger partial charge in [0.1, 0.15) is 5.54 Å². The molecule has 1 aromatic rings. The van der Waals surface area contributed by atoms with Gasteiger partial charge >= 0.3 is 5.97 Å². The summed E-state index contributed by atoms with van der Waals surface area (Å²) in [5.41, 5.74) is -0.992. The summed E-state index contributed by atoms with van der Waals surface area (Å²) in [6.45, 7) is 2.01. The zero-order chi connectivity index (χ0) is 12.5. The molecule has 2 N–H and O–H groups in total. The van der Waals surface area contributed by atoms with Crippen molar-refractivity contribution in [2.75, 3.05) is 6.54 Å². The van der Waals surface area contributed by atoms with Crippen LogP contribution in [0.3, 0.4) is 0 Å². The maximum Gasteiger partial charge on any atom is 0.329 e. The van der Waals surface area contributed by atoms with E-state index in [2.05, 4.69) is 15.4 Å². The minimum Gasteiger partial charge on any atom is -0.480 e. The Hall–Kier alpha value is -1.92. The van der Waals surface area contributed by atoms with Crippen LogP contribution in [0.2, 0.25) is 0 Å². The van der Waals surface area contributed by atoms with Crippen LogP contribution in [0.25, 0.3) is 0 Å². The Morgan fingerprint density at radius 2 is 2.29 bits per heavy atom. The SMILES string of the molecule is CC1(C(=O)O)CCCCN1C(=O)c1cn[nH]n1. The van der Waals surface area contributed by atoms with Crippen LogP contribution in [0.5, 0.6) is 0 Å². The third kappa shape index (κ3) is 1.88. The summed E-state index contributed by atoms with van der Waals surface area (Å²) < 4.78 is 0. The predicted octanol–water partition coefficient (Wildman–Crippen LogP) is 0.274. The van der Waals surface area contributed by atoms with E-state index in [0.717, 1.165) is 12.8 Å². The average Bonchev–Trinajstić information content (AvgIpc) is 2.82. The highest BCUT2D eigenvalue weighted by molar-refractivity contribution is 5.96. The van der Waals surface area contributed by atoms with Gasteiger partial charge in [0.05, 0.1) is 6.20 Å². The number of aromatic amines is 1. The molecule has 7 nitrogen and oxygen atoms in total. The summed E-state index contributed by atoms with van der Waals surface area (Å²) in [6.07, 6.45) is 3.39. The first-order valence-electron chi connectivity index (χ1n) is 5.47. The molecular formula is C10H14N4O3. The number of hydrogen-bond donors (Lipinski definition) is 2. The maximum atomic E-state index is 12.1. The fourth-order valence-electron chi connectivity index (χ4n) is 2.11. The summed E-state index contributed by atoms with van der Waals surface area (Å²) in [5, 5.41) is 18.9. The highest BCUT2D eigenvalue weighted by atomic mass is 16.4. The molecule has 0 aromatic carbocycles. The second kappa shape index (κ2) is 4.15. The highest BCUT2D eigenvalue weighted by Crippen LogP contribution is 2.29. The van der Waals surface area contributed by atoms with Crippen molar-refractivity contribution in [3.63, 3.8) is 0 Å². The molecule has 1 atom stereocenters. The van der Waals surface area contributed by atoms with Crippen molar-refractivity contribution in [2.45, 2.75) is 31.7 Å². The lowest BCUT2D eigenvalue weighted by atomic mass is 9.88. The Labute approximate surface area is 97.8 Å². The van der Waals surface area contributed by atoms with Gasteiger partial charge in [0.2, 0.25) is 0 Å². The van der Waals surface area contributed by atoms with Crippen molar-refractivity contribution < 1.29 is 14.7 Å². The lowest BCUT2D eigenvalue weighted by Gasteiger charge is -2.41. The first kappa shape index (κ1) is 11.6. The molecule has 0 saturated carbocycles. The van der Waals surface area contributed by atoms with Crippen LogP contribution in [0.15, 0.2) is 6.20 Å². The van der Waals surface area contributed by atoms with Gasteiger partial charge in [0, 0.05) is 6.54 Å². The lowest BCUT2D eigenvalue weighted by molar-refractivity contribution is -0.150. The summed E-state index contributed by atoms with van der Waals surface area (Å²) in [7, 11) is 0. The molecule has 1 aromatic heterocycles. The van der Waals surface area contributed by atoms with E-state index in [4.69, 9.17) is 0 Å². The maximum absolute atomic E-state index is 12.1. The molecule has 1 unspecified atom stereocenters. The Balaban J connectivity index is 2.29. The molecule has 0 bridgehead atoms. The van der Waals surface area contributed by atoms with Crippen LogP contribution in [-0.4, -0.2) is 49.4 Å². The summed E-state index contributed by atoms with van der Waals surface area (Å²) in [6, 6.07) is 0. The van der Waals surface area contributed by atoms with Crippen LogP contribution in [0, 0.1) is 0 Å². The van der Waals surface area contributed by atoms with Gasteiger partial charge in [0.15, 0.2) is 5.69 Å². The fraction of sp³-hybridized carbons (Fsp3) is 0.600. The van der Waals surface area contributed by atoms with Gasteiger partial charge < -0.3 is 10.0 Å². The van der Waals surface area contributed by atoms with Gasteiger partial charge in [-0.1, -0.05) is 0 Å². The molecule has 92 valence electrons. The first-order valence-corrected chi connectivity index (χ1v) is 5.47. The van der Waals surface area contributed by atoms with Gasteiger partial charge in [-0.3, -0.25) is 4.79 Å². The van der Waals surface area contributed by atoms with E-state index in [1.807, 2.05) is 0 Å². The van der Waals surface area contributed by atoms with Gasteiger partial charge in [-0.15, -0.1) is 0 Å². The number of carboxylic acids is 1. The zero-order valence-electron chi connectivity index (χ0n) is 9.51. The molecule has 0 aliphatic carbocycles. The molecule has 0 radical (unpaired) electrons. The van der Waals surface area contributed by atoms with Crippen molar-refractivity contribution in [3.05, 3.63) is 11.9 Å². The van der Waals surface area contributed by atoms with Gasteiger partial charge in [-0.2, -0.15) is 15.4 Å². The van der Waals surface area contributed by atoms with Crippen molar-refractivity contribution in [3.8, 4) is 0 Å². The number of nitrogens with zero attached hydrogens (tertiary/aromatic N) is 3. The molecule has 7 heteroatoms. The smallest absolute Gasteiger partial charge is 0.329 e. The molecule has 1 aliphatic heterocycles. The molecule has 17 heavy (non-hydrogen) atoms. The third-order valence-electron chi connectivity index (χ3n) is 3.23. The van der Waals surface area contributed by atoms with Gasteiger partial charge in [-0.25, -0.2) is 4.79 Å². The summed E-state index contributed by atoms with van der Waals surface area (Å²) in [5.74, 6) is -1.36. The van der Waals surface area contributed by atoms with E-state index < -0.39 is 11.5 Å². The topological polar surface area (TPSA) is 99.2 Å². The lowest BCUT2D eigenvalue weighted by Crippen LogP contribution is -2.57. The van der Waals surface area contributed by atoms with Gasteiger partial charge in [0.25, 0.3) is 5.91 Å². The number of H-pyrrole nitrogens is 1. The molecule has 1 aliphatic rings. The van der Waals surface area contributed by atoms with Gasteiger partial charge in [-0.05, 0) is 26.2 Å². The molecule has 2 rings (SSSR count). The normalized spacial score (nSPS) is 24.6. The van der Waals surface area contributed by atoms with E-state index in [1.54, 1.807) is 6.92 Å². The van der Waals surface area contributed by atoms with Crippen LogP contribution in [0.4, 0.5) is 0 Å². The number of rotatable bonds is 2. The van der Waals surface area contributed by atoms with E-state index in [0.29, 0.717) is 13.0 Å². The number of carbonyl (C=O) groups excluding carboxylic acids is 1. The van der Waals surface area contributed by atoms with Crippen molar-refractivity contribution in [2.24, 2.45) is 0 Å². The van der Waals surface area contributed by atoms with Crippen molar-refractivity contribution in [1.82, 2.24) is 20.3 Å². The van der Waals surface area contributed by atoms with Crippen LogP contribution < -0.4 is 0 Å². The third-order valence-corrected chi connectivity index (χ3v) is 3.23. The van der Waals surface area contributed by atoms with E-state index in [-0.39, 0.29) is 11.6 Å². The number of carboxylic acid groups (broad SMARTS) is 1. The minimum absolute atomic E-state index is 0.152. The summed E-state index contributed by atoms with van der Waals surface area (Å²) in [4.78, 5) is 24.8. The molecule has 1 saturated heterocycles. The van der Waals surface area contributed by atoms with Crippen LogP contribution in [0.1, 0.15) is 36.7 Å². The van der Waals surface area contributed by atoms with Crippen LogP contribution >= 0.6 is 0 Å². The molecular weight excluding hydrogens is 224 g/mol. The van der Waals surface area contributed by atoms with E-state index >= 15 is 0 Å². The number of aliphatic carboxylic acids is 1. The fourth-order valence-corrected chi connectivity index (χ4v) is 2.11. The van der Waals surface area contributed by atoms with E-state index in [1.165, 1.54) is 11.1 Å². The standard InChI is InChI=1S/C10H14N4O3/c1-10(9(16)17)4-2-3-5-14(10)8(15)7-6-11-13-12-7/h6H,2-5H2,1H3,(H,16,17)(H,11,12,13). The number of aromatic nitrogens is 3. The Kier molecular flexibility index (Phi) is 2.83. The second-order valence-corrected chi connectivity index (χ2v) is 4.35. The number of nitrogens with one attached hydrogen (secondary N) is 1. The van der Waals surface area contributed by atoms with Crippen molar-refractivity contribution >= 4 is 11.9 Å². The Morgan fingerprint density at radius 1 is 1.53 bits per heavy atom. The minimum atomic E-state index is -1.14. The Bertz CT molecular complexity index is 431. The molecule has 1 fully saturated rings. The largest absolute Gasteiger partial charge is 0.480 e. The first-order chi connectivity index (χ1) is 8.05. The number of likely N-dealkylation sites (tertiary alicyclic amines) is 1. The molecule has 0 spiro atoms. The van der Waals surface area contributed by atoms with Crippen molar-refractivity contribution in [1.29, 1.82) is 0 Å². The summed E-state index contributed by atoms with van der Waals surface area (Å²) >= 11 is 0. The highest BCUT2D eigenvalue weighted by Gasteiger charge is 2.44. The Morgan fingerprint density at radius 3 is 2.88 bits per heavy atom. The van der Waals surface area contributed by atoms with E-state index in [9.17, 15) is 14.7 Å². The zero-order valence-corrected chi connectivity index (χ0v) is 9.51. The number of amides is 1. The monoisotopic (exact) mass is 238 g/mol. The number of carbonyl (C=O) groups is 2. The number of hydrogen-bond acceptors (Lipinski definition) is 4. The molecule has 1 amide bonds. The quantitative estimate of drug-likeness (QED) is 0.770. The average molecular weight is 238 g/mol. The predicted molar refractivity (Wildman–Crippen MR) is 57.3 cm³/mol. The second-order valence-electron chi connectivity index (χ2n) is 4.35. The molecule has 2 heterocycles. The number of piperidine rings is 1.